The SMILES string of the molecule is CC[C@@]1(C2CCN(Cc3ccc(NC(C)=O)cc3)CC2)NC(=O)N(CCc2ccc(OC)cc2)C1=O. The van der Waals surface area contributed by atoms with E-state index in [0.717, 1.165) is 49.5 Å². The number of nitrogens with zero attached hydrogens (tertiary/aromatic N) is 2. The molecule has 2 heterocycles. The van der Waals surface area contributed by atoms with Crippen LogP contribution in [0.15, 0.2) is 48.5 Å². The first-order valence-electron chi connectivity index (χ1n) is 12.7. The average Bonchev–Trinajstić information content (AvgIpc) is 3.14. The molecule has 8 nitrogen and oxygen atoms in total. The van der Waals surface area contributed by atoms with E-state index < -0.39 is 5.54 Å². The summed E-state index contributed by atoms with van der Waals surface area (Å²) in [5.41, 5.74) is 2.22. The van der Waals surface area contributed by atoms with Gasteiger partial charge in [-0.3, -0.25) is 19.4 Å². The van der Waals surface area contributed by atoms with E-state index in [4.69, 9.17) is 4.74 Å². The Balaban J connectivity index is 1.33. The van der Waals surface area contributed by atoms with Gasteiger partial charge < -0.3 is 15.4 Å². The highest BCUT2D eigenvalue weighted by Gasteiger charge is 2.54. The number of likely N-dealkylation sites (tertiary alicyclic amines) is 1. The lowest BCUT2D eigenvalue weighted by atomic mass is 9.75. The van der Waals surface area contributed by atoms with Crippen molar-refractivity contribution < 1.29 is 19.1 Å². The molecule has 0 bridgehead atoms. The van der Waals surface area contributed by atoms with E-state index in [1.165, 1.54) is 17.4 Å². The molecule has 36 heavy (non-hydrogen) atoms. The highest BCUT2D eigenvalue weighted by atomic mass is 16.5. The molecule has 2 N–H and O–H groups in total. The molecule has 2 aliphatic rings. The summed E-state index contributed by atoms with van der Waals surface area (Å²) in [6.45, 7) is 6.42. The Morgan fingerprint density at radius 2 is 1.69 bits per heavy atom. The zero-order valence-corrected chi connectivity index (χ0v) is 21.4. The maximum Gasteiger partial charge on any atom is 0.325 e. The van der Waals surface area contributed by atoms with Crippen LogP contribution in [0.5, 0.6) is 5.75 Å². The minimum atomic E-state index is -0.816. The molecule has 8 heteroatoms. The van der Waals surface area contributed by atoms with Crippen molar-refractivity contribution in [3.05, 3.63) is 59.7 Å². The van der Waals surface area contributed by atoms with Gasteiger partial charge in [-0.1, -0.05) is 31.2 Å². The fraction of sp³-hybridized carbons (Fsp3) is 0.464. The fourth-order valence-corrected chi connectivity index (χ4v) is 5.42. The summed E-state index contributed by atoms with van der Waals surface area (Å²) in [6.07, 6.45) is 2.92. The largest absolute Gasteiger partial charge is 0.497 e. The number of carbonyl (C=O) groups excluding carboxylic acids is 3. The van der Waals surface area contributed by atoms with Crippen LogP contribution in [0.2, 0.25) is 0 Å². The van der Waals surface area contributed by atoms with Crippen LogP contribution in [-0.2, 0) is 22.6 Å². The first-order chi connectivity index (χ1) is 17.3. The Hall–Kier alpha value is -3.39. The van der Waals surface area contributed by atoms with E-state index in [1.54, 1.807) is 7.11 Å². The zero-order chi connectivity index (χ0) is 25.7. The van der Waals surface area contributed by atoms with Crippen LogP contribution < -0.4 is 15.4 Å². The van der Waals surface area contributed by atoms with Crippen molar-refractivity contribution in [2.24, 2.45) is 5.92 Å². The van der Waals surface area contributed by atoms with Gasteiger partial charge in [0.25, 0.3) is 5.91 Å². The van der Waals surface area contributed by atoms with Gasteiger partial charge >= 0.3 is 6.03 Å². The quantitative estimate of drug-likeness (QED) is 0.520. The lowest BCUT2D eigenvalue weighted by Gasteiger charge is -2.40. The third-order valence-corrected chi connectivity index (χ3v) is 7.51. The number of ether oxygens (including phenoxy) is 1. The van der Waals surface area contributed by atoms with E-state index in [9.17, 15) is 14.4 Å². The van der Waals surface area contributed by atoms with Gasteiger partial charge in [-0.05, 0) is 80.1 Å². The third-order valence-electron chi connectivity index (χ3n) is 7.51. The first kappa shape index (κ1) is 25.7. The predicted octanol–water partition coefficient (Wildman–Crippen LogP) is 3.81. The summed E-state index contributed by atoms with van der Waals surface area (Å²) >= 11 is 0. The van der Waals surface area contributed by atoms with Gasteiger partial charge in [0.2, 0.25) is 5.91 Å². The Morgan fingerprint density at radius 1 is 1.06 bits per heavy atom. The molecular weight excluding hydrogens is 456 g/mol. The molecule has 2 saturated heterocycles. The highest BCUT2D eigenvalue weighted by molar-refractivity contribution is 6.07. The summed E-state index contributed by atoms with van der Waals surface area (Å²) in [4.78, 5) is 41.4. The van der Waals surface area contributed by atoms with E-state index >= 15 is 0 Å². The van der Waals surface area contributed by atoms with E-state index in [1.807, 2.05) is 55.5 Å². The smallest absolute Gasteiger partial charge is 0.325 e. The van der Waals surface area contributed by atoms with Gasteiger partial charge in [-0.15, -0.1) is 0 Å². The predicted molar refractivity (Wildman–Crippen MR) is 139 cm³/mol. The van der Waals surface area contributed by atoms with Crippen molar-refractivity contribution in [2.75, 3.05) is 32.1 Å². The normalized spacial score (nSPS) is 20.9. The van der Waals surface area contributed by atoms with E-state index in [0.29, 0.717) is 19.4 Å². The summed E-state index contributed by atoms with van der Waals surface area (Å²) in [5, 5.41) is 5.88. The van der Waals surface area contributed by atoms with Gasteiger partial charge in [-0.2, -0.15) is 0 Å². The molecule has 2 fully saturated rings. The second kappa shape index (κ2) is 11.1. The Labute approximate surface area is 213 Å². The molecule has 0 aliphatic carbocycles. The number of urea groups is 1. The van der Waals surface area contributed by atoms with Crippen LogP contribution in [0.25, 0.3) is 0 Å². The van der Waals surface area contributed by atoms with Crippen molar-refractivity contribution in [3.8, 4) is 5.75 Å². The molecule has 0 saturated carbocycles. The number of benzene rings is 2. The van der Waals surface area contributed by atoms with Crippen molar-refractivity contribution in [3.63, 3.8) is 0 Å². The molecule has 0 spiro atoms. The molecular formula is C28H36N4O4. The maximum atomic E-state index is 13.5. The Bertz CT molecular complexity index is 1080. The lowest BCUT2D eigenvalue weighted by Crippen LogP contribution is -2.55. The van der Waals surface area contributed by atoms with Crippen molar-refractivity contribution in [1.82, 2.24) is 15.1 Å². The van der Waals surface area contributed by atoms with Gasteiger partial charge in [0.05, 0.1) is 7.11 Å². The maximum absolute atomic E-state index is 13.5. The highest BCUT2D eigenvalue weighted by Crippen LogP contribution is 2.36. The standard InChI is InChI=1S/C28H36N4O4/c1-4-28(26(34)32(27(35)30-28)18-13-21-7-11-25(36-3)12-8-21)23-14-16-31(17-15-23)19-22-5-9-24(10-6-22)29-20(2)33/h5-12,23H,4,13-19H2,1-3H3,(H,29,33)(H,30,35)/t28-/m0/s1. The third kappa shape index (κ3) is 5.54. The molecule has 2 aliphatic heterocycles. The zero-order valence-electron chi connectivity index (χ0n) is 21.4. The van der Waals surface area contributed by atoms with Crippen LogP contribution in [0.4, 0.5) is 10.5 Å². The van der Waals surface area contributed by atoms with E-state index in [2.05, 4.69) is 15.5 Å². The molecule has 192 valence electrons. The van der Waals surface area contributed by atoms with E-state index in [-0.39, 0.29) is 23.8 Å². The monoisotopic (exact) mass is 492 g/mol. The van der Waals surface area contributed by atoms with Gasteiger partial charge in [0, 0.05) is 25.7 Å². The Morgan fingerprint density at radius 3 is 2.28 bits per heavy atom. The number of anilines is 1. The summed E-state index contributed by atoms with van der Waals surface area (Å²) < 4.78 is 5.20. The number of amides is 4. The second-order valence-corrected chi connectivity index (χ2v) is 9.74. The number of hydrogen-bond donors (Lipinski definition) is 2. The number of nitrogens with one attached hydrogen (secondary N) is 2. The van der Waals surface area contributed by atoms with Crippen LogP contribution in [0.1, 0.15) is 44.2 Å². The van der Waals surface area contributed by atoms with Gasteiger partial charge in [0.1, 0.15) is 11.3 Å². The second-order valence-electron chi connectivity index (χ2n) is 9.74. The first-order valence-corrected chi connectivity index (χ1v) is 12.7. The number of methoxy groups -OCH3 is 1. The summed E-state index contributed by atoms with van der Waals surface area (Å²) in [5.74, 6) is 0.730. The number of carbonyl (C=O) groups is 3. The molecule has 1 atom stereocenters. The number of imide groups is 1. The molecule has 0 radical (unpaired) electrons. The fourth-order valence-electron chi connectivity index (χ4n) is 5.42. The minimum absolute atomic E-state index is 0.0810. The number of hydrogen-bond acceptors (Lipinski definition) is 5. The average molecular weight is 493 g/mol. The van der Waals surface area contributed by atoms with Crippen LogP contribution in [0.3, 0.4) is 0 Å². The van der Waals surface area contributed by atoms with Crippen molar-refractivity contribution in [2.45, 2.75) is 51.6 Å². The molecule has 4 amide bonds. The molecule has 4 rings (SSSR count). The summed E-state index contributed by atoms with van der Waals surface area (Å²) in [6, 6.07) is 15.3. The molecule has 0 unspecified atom stereocenters. The Kier molecular flexibility index (Phi) is 7.94. The molecule has 2 aromatic carbocycles. The van der Waals surface area contributed by atoms with Crippen LogP contribution >= 0.6 is 0 Å². The van der Waals surface area contributed by atoms with Crippen molar-refractivity contribution in [1.29, 1.82) is 0 Å². The van der Waals surface area contributed by atoms with Gasteiger partial charge in [-0.25, -0.2) is 4.79 Å². The lowest BCUT2D eigenvalue weighted by molar-refractivity contribution is -0.134. The number of piperidine rings is 1. The minimum Gasteiger partial charge on any atom is -0.497 e. The number of rotatable bonds is 9. The van der Waals surface area contributed by atoms with Gasteiger partial charge in [0.15, 0.2) is 0 Å². The summed E-state index contributed by atoms with van der Waals surface area (Å²) in [7, 11) is 1.63. The topological polar surface area (TPSA) is 91.0 Å². The molecule has 2 aromatic rings. The van der Waals surface area contributed by atoms with Crippen LogP contribution in [0, 0.1) is 5.92 Å². The molecule has 0 aromatic heterocycles. The van der Waals surface area contributed by atoms with Crippen molar-refractivity contribution >= 4 is 23.5 Å². The van der Waals surface area contributed by atoms with Crippen LogP contribution in [-0.4, -0.2) is 59.9 Å².